The van der Waals surface area contributed by atoms with Crippen LogP contribution in [0.1, 0.15) is 43.7 Å². The number of hydrogen-bond acceptors (Lipinski definition) is 4. The second-order valence-corrected chi connectivity index (χ2v) is 9.25. The third kappa shape index (κ3) is 3.18. The van der Waals surface area contributed by atoms with Gasteiger partial charge in [0.05, 0.1) is 19.9 Å². The van der Waals surface area contributed by atoms with E-state index in [0.29, 0.717) is 6.42 Å². The molecule has 0 unspecified atom stereocenters. The van der Waals surface area contributed by atoms with Crippen LogP contribution in [-0.2, 0) is 4.79 Å². The van der Waals surface area contributed by atoms with Crippen LogP contribution in [0.15, 0.2) is 65.9 Å². The molecule has 3 aromatic carbocycles. The van der Waals surface area contributed by atoms with Gasteiger partial charge in [0, 0.05) is 34.6 Å². The van der Waals surface area contributed by atoms with Crippen LogP contribution < -0.4 is 14.8 Å². The fourth-order valence-corrected chi connectivity index (χ4v) is 5.14. The van der Waals surface area contributed by atoms with Gasteiger partial charge in [-0.2, -0.15) is 0 Å². The van der Waals surface area contributed by atoms with Crippen molar-refractivity contribution in [3.63, 3.8) is 0 Å². The summed E-state index contributed by atoms with van der Waals surface area (Å²) in [5.74, 6) is 1.51. The van der Waals surface area contributed by atoms with E-state index in [1.807, 2.05) is 18.2 Å². The van der Waals surface area contributed by atoms with Gasteiger partial charge in [0.15, 0.2) is 5.78 Å². The van der Waals surface area contributed by atoms with Gasteiger partial charge in [0.2, 0.25) is 0 Å². The van der Waals surface area contributed by atoms with E-state index < -0.39 is 0 Å². The van der Waals surface area contributed by atoms with E-state index in [-0.39, 0.29) is 17.1 Å². The summed E-state index contributed by atoms with van der Waals surface area (Å²) in [6.07, 6.45) is 1.37. The second-order valence-electron chi connectivity index (χ2n) is 9.25. The highest BCUT2D eigenvalue weighted by Gasteiger charge is 2.41. The van der Waals surface area contributed by atoms with Gasteiger partial charge < -0.3 is 14.8 Å². The zero-order chi connectivity index (χ0) is 21.8. The molecule has 0 bridgehead atoms. The van der Waals surface area contributed by atoms with Crippen molar-refractivity contribution in [1.29, 1.82) is 0 Å². The van der Waals surface area contributed by atoms with Crippen molar-refractivity contribution in [2.45, 2.75) is 32.6 Å². The van der Waals surface area contributed by atoms with Crippen LogP contribution in [0.2, 0.25) is 0 Å². The van der Waals surface area contributed by atoms with Crippen molar-refractivity contribution in [2.24, 2.45) is 5.41 Å². The molecule has 2 aliphatic rings. The summed E-state index contributed by atoms with van der Waals surface area (Å²) >= 11 is 0. The molecule has 1 aliphatic heterocycles. The van der Waals surface area contributed by atoms with Gasteiger partial charge >= 0.3 is 0 Å². The van der Waals surface area contributed by atoms with Crippen LogP contribution >= 0.6 is 0 Å². The third-order valence-corrected chi connectivity index (χ3v) is 6.50. The van der Waals surface area contributed by atoms with Crippen LogP contribution in [0.25, 0.3) is 10.8 Å². The average molecular weight is 414 g/mol. The Morgan fingerprint density at radius 2 is 1.74 bits per heavy atom. The Balaban J connectivity index is 1.82. The summed E-state index contributed by atoms with van der Waals surface area (Å²) in [6.45, 7) is 4.33. The third-order valence-electron chi connectivity index (χ3n) is 6.50. The Labute approximate surface area is 182 Å². The largest absolute Gasteiger partial charge is 0.497 e. The minimum atomic E-state index is -0.204. The minimum absolute atomic E-state index is 0.0754. The van der Waals surface area contributed by atoms with Gasteiger partial charge in [-0.15, -0.1) is 0 Å². The second kappa shape index (κ2) is 7.16. The number of benzene rings is 3. The molecular weight excluding hydrogens is 386 g/mol. The quantitative estimate of drug-likeness (QED) is 0.567. The van der Waals surface area contributed by atoms with Crippen molar-refractivity contribution in [3.05, 3.63) is 77.0 Å². The van der Waals surface area contributed by atoms with Crippen molar-refractivity contribution < 1.29 is 14.3 Å². The fraction of sp³-hybridized carbons (Fsp3) is 0.296. The molecule has 5 rings (SSSR count). The lowest BCUT2D eigenvalue weighted by Gasteiger charge is -2.40. The molecule has 1 N–H and O–H groups in total. The first-order valence-electron chi connectivity index (χ1n) is 10.7. The number of ether oxygens (including phenoxy) is 2. The minimum Gasteiger partial charge on any atom is -0.497 e. The lowest BCUT2D eigenvalue weighted by molar-refractivity contribution is -0.118. The molecule has 3 aromatic rings. The Morgan fingerprint density at radius 3 is 2.52 bits per heavy atom. The highest BCUT2D eigenvalue weighted by molar-refractivity contribution is 6.05. The zero-order valence-electron chi connectivity index (χ0n) is 18.4. The first-order valence-corrected chi connectivity index (χ1v) is 10.7. The van der Waals surface area contributed by atoms with Crippen molar-refractivity contribution in [1.82, 2.24) is 0 Å². The van der Waals surface area contributed by atoms with Gasteiger partial charge in [-0.05, 0) is 41.0 Å². The lowest BCUT2D eigenvalue weighted by Crippen LogP contribution is -2.34. The summed E-state index contributed by atoms with van der Waals surface area (Å²) in [6, 6.07) is 18.5. The standard InChI is InChI=1S/C27H27NO3/c1-27(2)14-21-25(22(29)15-27)24(20-13-17(30-3)10-12-23(20)31-4)19-11-9-16-7-5-6-8-18(16)26(19)28-21/h5-13,24,28H,14-15H2,1-4H3/t24-/m0/s1. The Hall–Kier alpha value is -3.27. The molecule has 0 radical (unpaired) electrons. The molecule has 0 fully saturated rings. The predicted octanol–water partition coefficient (Wildman–Crippen LogP) is 6.06. The predicted molar refractivity (Wildman–Crippen MR) is 124 cm³/mol. The lowest BCUT2D eigenvalue weighted by atomic mass is 9.68. The van der Waals surface area contributed by atoms with Gasteiger partial charge in [-0.3, -0.25) is 4.79 Å². The molecule has 1 atom stereocenters. The first kappa shape index (κ1) is 19.7. The number of methoxy groups -OCH3 is 2. The van der Waals surface area contributed by atoms with Crippen molar-refractivity contribution >= 4 is 22.2 Å². The first-order chi connectivity index (χ1) is 14.9. The summed E-state index contributed by atoms with van der Waals surface area (Å²) in [7, 11) is 3.34. The van der Waals surface area contributed by atoms with Crippen LogP contribution in [-0.4, -0.2) is 20.0 Å². The normalized spacial score (nSPS) is 19.5. The van der Waals surface area contributed by atoms with Gasteiger partial charge in [0.25, 0.3) is 0 Å². The average Bonchev–Trinajstić information content (AvgIpc) is 2.76. The van der Waals surface area contributed by atoms with E-state index in [2.05, 4.69) is 55.6 Å². The molecule has 0 spiro atoms. The van der Waals surface area contributed by atoms with Gasteiger partial charge in [-0.1, -0.05) is 50.2 Å². The van der Waals surface area contributed by atoms with E-state index in [1.54, 1.807) is 14.2 Å². The monoisotopic (exact) mass is 413 g/mol. The molecule has 31 heavy (non-hydrogen) atoms. The van der Waals surface area contributed by atoms with E-state index in [1.165, 1.54) is 5.39 Å². The molecule has 4 nitrogen and oxygen atoms in total. The Kier molecular flexibility index (Phi) is 4.54. The maximum absolute atomic E-state index is 13.5. The summed E-state index contributed by atoms with van der Waals surface area (Å²) < 4.78 is 11.3. The van der Waals surface area contributed by atoms with Crippen LogP contribution in [0, 0.1) is 5.41 Å². The number of carbonyl (C=O) groups is 1. The molecule has 0 amide bonds. The van der Waals surface area contributed by atoms with Crippen molar-refractivity contribution in [2.75, 3.05) is 19.5 Å². The Bertz CT molecular complexity index is 1240. The number of fused-ring (bicyclic) bond motifs is 3. The van der Waals surface area contributed by atoms with E-state index in [4.69, 9.17) is 9.47 Å². The number of ketones is 1. The molecule has 0 aromatic heterocycles. The molecule has 0 saturated carbocycles. The molecular formula is C27H27NO3. The number of allylic oxidation sites excluding steroid dienone is 2. The summed E-state index contributed by atoms with van der Waals surface area (Å²) in [5, 5.41) is 6.02. The number of carbonyl (C=O) groups excluding carboxylic acids is 1. The van der Waals surface area contributed by atoms with Crippen molar-refractivity contribution in [3.8, 4) is 11.5 Å². The topological polar surface area (TPSA) is 47.6 Å². The van der Waals surface area contributed by atoms with E-state index >= 15 is 0 Å². The fourth-order valence-electron chi connectivity index (χ4n) is 5.14. The molecule has 4 heteroatoms. The van der Waals surface area contributed by atoms with Gasteiger partial charge in [-0.25, -0.2) is 0 Å². The molecule has 1 aliphatic carbocycles. The van der Waals surface area contributed by atoms with Crippen LogP contribution in [0.3, 0.4) is 0 Å². The smallest absolute Gasteiger partial charge is 0.162 e. The highest BCUT2D eigenvalue weighted by atomic mass is 16.5. The SMILES string of the molecule is COc1ccc(OC)c([C@H]2C3=C(CC(C)(C)CC3=O)Nc3c2ccc2ccccc32)c1. The number of anilines is 1. The van der Waals surface area contributed by atoms with Crippen LogP contribution in [0.4, 0.5) is 5.69 Å². The number of Topliss-reactive ketones (excluding diaryl/α,β-unsaturated/α-hetero) is 1. The van der Waals surface area contributed by atoms with E-state index in [0.717, 1.165) is 51.4 Å². The van der Waals surface area contributed by atoms with Crippen LogP contribution in [0.5, 0.6) is 11.5 Å². The number of hydrogen-bond donors (Lipinski definition) is 1. The summed E-state index contributed by atoms with van der Waals surface area (Å²) in [4.78, 5) is 13.5. The molecule has 1 heterocycles. The molecule has 158 valence electrons. The zero-order valence-corrected chi connectivity index (χ0v) is 18.4. The maximum atomic E-state index is 13.5. The Morgan fingerprint density at radius 1 is 0.935 bits per heavy atom. The number of nitrogens with one attached hydrogen (secondary N) is 1. The summed E-state index contributed by atoms with van der Waals surface area (Å²) in [5.41, 5.74) is 4.94. The molecule has 0 saturated heterocycles. The number of rotatable bonds is 3. The van der Waals surface area contributed by atoms with E-state index in [9.17, 15) is 4.79 Å². The van der Waals surface area contributed by atoms with Gasteiger partial charge in [0.1, 0.15) is 11.5 Å². The highest BCUT2D eigenvalue weighted by Crippen LogP contribution is 2.52. The maximum Gasteiger partial charge on any atom is 0.162 e.